The van der Waals surface area contributed by atoms with Crippen LogP contribution in [0.5, 0.6) is 5.75 Å². The molecule has 3 atom stereocenters. The Hall–Kier alpha value is -1.79. The minimum absolute atomic E-state index is 0. The van der Waals surface area contributed by atoms with Crippen molar-refractivity contribution in [2.75, 3.05) is 26.7 Å². The monoisotopic (exact) mass is 409 g/mol. The number of amides is 2. The summed E-state index contributed by atoms with van der Waals surface area (Å²) >= 11 is 0. The maximum Gasteiger partial charge on any atom is 0.260 e. The van der Waals surface area contributed by atoms with Gasteiger partial charge in [-0.2, -0.15) is 0 Å². The van der Waals surface area contributed by atoms with E-state index in [2.05, 4.69) is 19.2 Å². The Morgan fingerprint density at radius 3 is 2.36 bits per heavy atom. The Labute approximate surface area is 174 Å². The zero-order chi connectivity index (χ0) is 19.4. The Morgan fingerprint density at radius 2 is 1.79 bits per heavy atom. The van der Waals surface area contributed by atoms with Gasteiger partial charge in [-0.25, -0.2) is 0 Å². The summed E-state index contributed by atoms with van der Waals surface area (Å²) in [6.45, 7) is 6.04. The third kappa shape index (κ3) is 5.17. The zero-order valence-electron chi connectivity index (χ0n) is 17.0. The molecule has 2 aliphatic rings. The van der Waals surface area contributed by atoms with Crippen molar-refractivity contribution in [3.8, 4) is 5.75 Å². The van der Waals surface area contributed by atoms with Gasteiger partial charge < -0.3 is 19.9 Å². The molecule has 3 unspecified atom stereocenters. The van der Waals surface area contributed by atoms with Gasteiger partial charge in [-0.05, 0) is 70.3 Å². The number of piperidine rings is 1. The second kappa shape index (κ2) is 10.1. The summed E-state index contributed by atoms with van der Waals surface area (Å²) < 4.78 is 5.69. The SMILES string of the molecule is CC1CCCC(C)N1C(=O)COc1ccc(C(=O)N(C)C2CCNC2)cc1.Cl. The molecule has 2 amide bonds. The van der Waals surface area contributed by atoms with Crippen LogP contribution in [0, 0.1) is 0 Å². The fourth-order valence-corrected chi connectivity index (χ4v) is 4.17. The highest BCUT2D eigenvalue weighted by atomic mass is 35.5. The molecule has 1 N–H and O–H groups in total. The van der Waals surface area contributed by atoms with Crippen LogP contribution in [0.2, 0.25) is 0 Å². The quantitative estimate of drug-likeness (QED) is 0.812. The molecule has 2 saturated heterocycles. The van der Waals surface area contributed by atoms with E-state index in [0.717, 1.165) is 32.4 Å². The third-order valence-corrected chi connectivity index (χ3v) is 5.85. The van der Waals surface area contributed by atoms with Crippen LogP contribution in [0.25, 0.3) is 0 Å². The molecule has 2 aliphatic heterocycles. The first-order valence-corrected chi connectivity index (χ1v) is 9.99. The molecule has 0 aliphatic carbocycles. The lowest BCUT2D eigenvalue weighted by Crippen LogP contribution is -2.49. The van der Waals surface area contributed by atoms with Gasteiger partial charge in [-0.1, -0.05) is 0 Å². The molecule has 0 spiro atoms. The van der Waals surface area contributed by atoms with Crippen molar-refractivity contribution in [3.63, 3.8) is 0 Å². The molecule has 0 saturated carbocycles. The van der Waals surface area contributed by atoms with Crippen molar-refractivity contribution in [2.45, 2.75) is 57.7 Å². The fourth-order valence-electron chi connectivity index (χ4n) is 4.17. The summed E-state index contributed by atoms with van der Waals surface area (Å²) in [6, 6.07) is 7.87. The van der Waals surface area contributed by atoms with E-state index in [1.54, 1.807) is 29.2 Å². The second-order valence-corrected chi connectivity index (χ2v) is 7.81. The van der Waals surface area contributed by atoms with Crippen LogP contribution in [0.4, 0.5) is 0 Å². The number of nitrogens with zero attached hydrogens (tertiary/aromatic N) is 2. The average Bonchev–Trinajstić information content (AvgIpc) is 3.20. The second-order valence-electron chi connectivity index (χ2n) is 7.81. The number of likely N-dealkylation sites (tertiary alicyclic amines) is 1. The standard InChI is InChI=1S/C21H31N3O3.ClH/c1-15-5-4-6-16(2)24(15)20(25)14-27-19-9-7-17(8-10-19)21(26)23(3)18-11-12-22-13-18;/h7-10,15-16,18,22H,4-6,11-14H2,1-3H3;1H. The van der Waals surface area contributed by atoms with Gasteiger partial charge >= 0.3 is 0 Å². The highest BCUT2D eigenvalue weighted by Crippen LogP contribution is 2.23. The first-order valence-electron chi connectivity index (χ1n) is 9.99. The molecule has 0 bridgehead atoms. The first-order chi connectivity index (χ1) is 13.0. The molecule has 28 heavy (non-hydrogen) atoms. The molecule has 1 aromatic carbocycles. The number of carbonyl (C=O) groups is 2. The van der Waals surface area contributed by atoms with E-state index in [-0.39, 0.29) is 49.0 Å². The number of rotatable bonds is 5. The summed E-state index contributed by atoms with van der Waals surface area (Å²) in [5.41, 5.74) is 0.640. The molecule has 0 aromatic heterocycles. The van der Waals surface area contributed by atoms with E-state index >= 15 is 0 Å². The molecule has 1 aromatic rings. The van der Waals surface area contributed by atoms with Crippen molar-refractivity contribution in [3.05, 3.63) is 29.8 Å². The van der Waals surface area contributed by atoms with E-state index in [4.69, 9.17) is 4.74 Å². The molecular weight excluding hydrogens is 378 g/mol. The van der Waals surface area contributed by atoms with E-state index in [0.29, 0.717) is 11.3 Å². The molecule has 2 fully saturated rings. The Bertz CT molecular complexity index is 651. The highest BCUT2D eigenvalue weighted by Gasteiger charge is 2.29. The smallest absolute Gasteiger partial charge is 0.260 e. The normalized spacial score (nSPS) is 24.4. The number of hydrogen-bond donors (Lipinski definition) is 1. The van der Waals surface area contributed by atoms with Crippen LogP contribution in [-0.2, 0) is 4.79 Å². The number of carbonyl (C=O) groups excluding carboxylic acids is 2. The van der Waals surface area contributed by atoms with Crippen LogP contribution in [0.3, 0.4) is 0 Å². The van der Waals surface area contributed by atoms with Crippen LogP contribution >= 0.6 is 12.4 Å². The molecule has 156 valence electrons. The van der Waals surface area contributed by atoms with Crippen LogP contribution in [-0.4, -0.2) is 66.5 Å². The zero-order valence-corrected chi connectivity index (χ0v) is 17.8. The van der Waals surface area contributed by atoms with E-state index in [1.807, 2.05) is 11.9 Å². The molecule has 6 nitrogen and oxygen atoms in total. The van der Waals surface area contributed by atoms with Crippen molar-refractivity contribution < 1.29 is 14.3 Å². The number of benzene rings is 1. The average molecular weight is 410 g/mol. The lowest BCUT2D eigenvalue weighted by Gasteiger charge is -2.38. The summed E-state index contributed by atoms with van der Waals surface area (Å²) in [4.78, 5) is 28.9. The van der Waals surface area contributed by atoms with Gasteiger partial charge in [-0.15, -0.1) is 12.4 Å². The van der Waals surface area contributed by atoms with E-state index < -0.39 is 0 Å². The summed E-state index contributed by atoms with van der Waals surface area (Å²) in [6.07, 6.45) is 4.26. The summed E-state index contributed by atoms with van der Waals surface area (Å²) in [5, 5.41) is 3.28. The predicted octanol–water partition coefficient (Wildman–Crippen LogP) is 2.71. The number of halogens is 1. The van der Waals surface area contributed by atoms with E-state index in [1.165, 1.54) is 6.42 Å². The van der Waals surface area contributed by atoms with Crippen LogP contribution in [0.15, 0.2) is 24.3 Å². The molecular formula is C21H32ClN3O3. The molecule has 2 heterocycles. The third-order valence-electron chi connectivity index (χ3n) is 5.85. The minimum atomic E-state index is 0. The number of likely N-dealkylation sites (N-methyl/N-ethyl adjacent to an activating group) is 1. The van der Waals surface area contributed by atoms with Gasteiger partial charge in [0.25, 0.3) is 11.8 Å². The van der Waals surface area contributed by atoms with Gasteiger partial charge in [0.2, 0.25) is 0 Å². The minimum Gasteiger partial charge on any atom is -0.484 e. The largest absolute Gasteiger partial charge is 0.484 e. The fraction of sp³-hybridized carbons (Fsp3) is 0.619. The predicted molar refractivity (Wildman–Crippen MR) is 112 cm³/mol. The van der Waals surface area contributed by atoms with Crippen molar-refractivity contribution in [1.29, 1.82) is 0 Å². The Kier molecular flexibility index (Phi) is 8.13. The molecule has 7 heteroatoms. The van der Waals surface area contributed by atoms with Crippen LogP contribution < -0.4 is 10.1 Å². The lowest BCUT2D eigenvalue weighted by atomic mass is 9.97. The first kappa shape index (κ1) is 22.5. The van der Waals surface area contributed by atoms with Crippen molar-refractivity contribution >= 4 is 24.2 Å². The summed E-state index contributed by atoms with van der Waals surface area (Å²) in [7, 11) is 1.85. The number of ether oxygens (including phenoxy) is 1. The maximum atomic E-state index is 12.6. The van der Waals surface area contributed by atoms with Gasteiger partial charge in [0.1, 0.15) is 5.75 Å². The Balaban J connectivity index is 0.00000280. The van der Waals surface area contributed by atoms with E-state index in [9.17, 15) is 9.59 Å². The Morgan fingerprint density at radius 1 is 1.14 bits per heavy atom. The maximum absolute atomic E-state index is 12.6. The molecule has 3 rings (SSSR count). The number of nitrogens with one attached hydrogen (secondary N) is 1. The summed E-state index contributed by atoms with van der Waals surface area (Å²) in [5.74, 6) is 0.660. The van der Waals surface area contributed by atoms with Crippen molar-refractivity contribution in [2.24, 2.45) is 0 Å². The lowest BCUT2D eigenvalue weighted by molar-refractivity contribution is -0.139. The highest BCUT2D eigenvalue weighted by molar-refractivity contribution is 5.94. The van der Waals surface area contributed by atoms with Gasteiger partial charge in [0.05, 0.1) is 0 Å². The topological polar surface area (TPSA) is 61.9 Å². The molecule has 0 radical (unpaired) electrons. The van der Waals surface area contributed by atoms with Gasteiger partial charge in [0.15, 0.2) is 6.61 Å². The van der Waals surface area contributed by atoms with Gasteiger partial charge in [-0.3, -0.25) is 9.59 Å². The van der Waals surface area contributed by atoms with Gasteiger partial charge in [0, 0.05) is 37.3 Å². The van der Waals surface area contributed by atoms with Crippen LogP contribution in [0.1, 0.15) is 49.9 Å². The number of hydrogen-bond acceptors (Lipinski definition) is 4. The van der Waals surface area contributed by atoms with Crippen molar-refractivity contribution in [1.82, 2.24) is 15.1 Å².